The summed E-state index contributed by atoms with van der Waals surface area (Å²) in [5.41, 5.74) is 1.65. The van der Waals surface area contributed by atoms with E-state index < -0.39 is 6.10 Å². The molecule has 0 saturated heterocycles. The standard InChI is InChI=1S/C16H21BrN2O2/c1-4-11(2)19-8-7-14(18-19)10-21-16-6-5-13(17)9-15(16)12(3)20/h5-9,11-12,20H,4,10H2,1-3H3. The molecule has 0 saturated carbocycles. The van der Waals surface area contributed by atoms with Crippen LogP contribution < -0.4 is 4.74 Å². The van der Waals surface area contributed by atoms with Crippen LogP contribution >= 0.6 is 15.9 Å². The number of halogens is 1. The summed E-state index contributed by atoms with van der Waals surface area (Å²) in [4.78, 5) is 0. The number of aliphatic hydroxyl groups is 1. The van der Waals surface area contributed by atoms with Gasteiger partial charge in [-0.15, -0.1) is 0 Å². The maximum Gasteiger partial charge on any atom is 0.132 e. The van der Waals surface area contributed by atoms with Crippen LogP contribution in [0.5, 0.6) is 5.75 Å². The lowest BCUT2D eigenvalue weighted by atomic mass is 10.1. The van der Waals surface area contributed by atoms with Crippen molar-refractivity contribution < 1.29 is 9.84 Å². The highest BCUT2D eigenvalue weighted by molar-refractivity contribution is 9.10. The van der Waals surface area contributed by atoms with E-state index in [2.05, 4.69) is 34.9 Å². The van der Waals surface area contributed by atoms with Crippen molar-refractivity contribution in [3.05, 3.63) is 46.2 Å². The quantitative estimate of drug-likeness (QED) is 0.845. The molecular weight excluding hydrogens is 332 g/mol. The van der Waals surface area contributed by atoms with E-state index in [1.807, 2.05) is 35.1 Å². The van der Waals surface area contributed by atoms with Gasteiger partial charge in [0.1, 0.15) is 12.4 Å². The van der Waals surface area contributed by atoms with Crippen LogP contribution in [0.1, 0.15) is 50.6 Å². The molecule has 0 radical (unpaired) electrons. The second-order valence-electron chi connectivity index (χ2n) is 5.19. The van der Waals surface area contributed by atoms with E-state index in [1.54, 1.807) is 6.92 Å². The number of nitrogens with zero attached hydrogens (tertiary/aromatic N) is 2. The molecule has 0 bridgehead atoms. The Morgan fingerprint density at radius 2 is 2.10 bits per heavy atom. The molecule has 21 heavy (non-hydrogen) atoms. The number of ether oxygens (including phenoxy) is 1. The highest BCUT2D eigenvalue weighted by Gasteiger charge is 2.11. The van der Waals surface area contributed by atoms with Crippen LogP contribution in [0.15, 0.2) is 34.9 Å². The van der Waals surface area contributed by atoms with Gasteiger partial charge >= 0.3 is 0 Å². The van der Waals surface area contributed by atoms with Crippen molar-refractivity contribution >= 4 is 15.9 Å². The Hall–Kier alpha value is -1.33. The summed E-state index contributed by atoms with van der Waals surface area (Å²) < 4.78 is 8.69. The Kier molecular flexibility index (Phi) is 5.42. The topological polar surface area (TPSA) is 47.3 Å². The first kappa shape index (κ1) is 16.0. The molecule has 0 amide bonds. The van der Waals surface area contributed by atoms with Crippen molar-refractivity contribution in [3.8, 4) is 5.75 Å². The van der Waals surface area contributed by atoms with Gasteiger partial charge in [0.05, 0.1) is 11.8 Å². The maximum absolute atomic E-state index is 9.81. The molecule has 2 aromatic rings. The van der Waals surface area contributed by atoms with Crippen molar-refractivity contribution in [2.45, 2.75) is 45.9 Å². The lowest BCUT2D eigenvalue weighted by Crippen LogP contribution is -2.06. The van der Waals surface area contributed by atoms with Gasteiger partial charge < -0.3 is 9.84 Å². The second-order valence-corrected chi connectivity index (χ2v) is 6.11. The van der Waals surface area contributed by atoms with Crippen LogP contribution in [0.2, 0.25) is 0 Å². The molecule has 0 aliphatic heterocycles. The number of rotatable bonds is 6. The fraction of sp³-hybridized carbons (Fsp3) is 0.438. The highest BCUT2D eigenvalue weighted by Crippen LogP contribution is 2.29. The van der Waals surface area contributed by atoms with Crippen LogP contribution in [-0.4, -0.2) is 14.9 Å². The van der Waals surface area contributed by atoms with E-state index in [0.29, 0.717) is 18.4 Å². The molecular formula is C16H21BrN2O2. The van der Waals surface area contributed by atoms with Gasteiger partial charge in [-0.05, 0) is 44.5 Å². The predicted molar refractivity (Wildman–Crippen MR) is 86.3 cm³/mol. The van der Waals surface area contributed by atoms with Gasteiger partial charge in [-0.1, -0.05) is 22.9 Å². The second kappa shape index (κ2) is 7.09. The van der Waals surface area contributed by atoms with Crippen molar-refractivity contribution in [2.24, 2.45) is 0 Å². The summed E-state index contributed by atoms with van der Waals surface area (Å²) in [5, 5.41) is 14.3. The van der Waals surface area contributed by atoms with Crippen molar-refractivity contribution in [1.29, 1.82) is 0 Å². The zero-order valence-electron chi connectivity index (χ0n) is 12.6. The van der Waals surface area contributed by atoms with Gasteiger partial charge in [0, 0.05) is 22.3 Å². The molecule has 0 aliphatic rings. The fourth-order valence-electron chi connectivity index (χ4n) is 2.02. The number of hydrogen-bond acceptors (Lipinski definition) is 3. The zero-order valence-corrected chi connectivity index (χ0v) is 14.2. The summed E-state index contributed by atoms with van der Waals surface area (Å²) in [5.74, 6) is 0.686. The van der Waals surface area contributed by atoms with E-state index in [9.17, 15) is 5.11 Å². The van der Waals surface area contributed by atoms with Gasteiger partial charge in [0.15, 0.2) is 0 Å². The van der Waals surface area contributed by atoms with E-state index in [0.717, 1.165) is 22.2 Å². The Morgan fingerprint density at radius 3 is 2.76 bits per heavy atom. The van der Waals surface area contributed by atoms with Gasteiger partial charge in [-0.3, -0.25) is 4.68 Å². The Balaban J connectivity index is 2.08. The van der Waals surface area contributed by atoms with E-state index in [1.165, 1.54) is 0 Å². The van der Waals surface area contributed by atoms with Gasteiger partial charge in [-0.25, -0.2) is 0 Å². The van der Waals surface area contributed by atoms with Crippen LogP contribution in [0.3, 0.4) is 0 Å². The molecule has 4 nitrogen and oxygen atoms in total. The molecule has 114 valence electrons. The van der Waals surface area contributed by atoms with Crippen molar-refractivity contribution in [2.75, 3.05) is 0 Å². The summed E-state index contributed by atoms with van der Waals surface area (Å²) in [7, 11) is 0. The lowest BCUT2D eigenvalue weighted by Gasteiger charge is -2.13. The lowest BCUT2D eigenvalue weighted by molar-refractivity contribution is 0.189. The first-order valence-electron chi connectivity index (χ1n) is 7.15. The minimum absolute atomic E-state index is 0.388. The molecule has 2 atom stereocenters. The SMILES string of the molecule is CCC(C)n1ccc(COc2ccc(Br)cc2C(C)O)n1. The minimum Gasteiger partial charge on any atom is -0.487 e. The maximum atomic E-state index is 9.81. The molecule has 1 aromatic heterocycles. The average Bonchev–Trinajstić information content (AvgIpc) is 2.93. The van der Waals surface area contributed by atoms with Gasteiger partial charge in [0.25, 0.3) is 0 Å². The Bertz CT molecular complexity index is 596. The third-order valence-electron chi connectivity index (χ3n) is 3.50. The monoisotopic (exact) mass is 352 g/mol. The Morgan fingerprint density at radius 1 is 1.33 bits per heavy atom. The first-order valence-corrected chi connectivity index (χ1v) is 7.95. The zero-order chi connectivity index (χ0) is 15.4. The molecule has 2 unspecified atom stereocenters. The first-order chi connectivity index (χ1) is 10.0. The van der Waals surface area contributed by atoms with Crippen molar-refractivity contribution in [1.82, 2.24) is 9.78 Å². The number of aliphatic hydroxyl groups excluding tert-OH is 1. The fourth-order valence-corrected chi connectivity index (χ4v) is 2.39. The van der Waals surface area contributed by atoms with E-state index >= 15 is 0 Å². The molecule has 5 heteroatoms. The highest BCUT2D eigenvalue weighted by atomic mass is 79.9. The Labute approximate surface area is 133 Å². The summed E-state index contributed by atoms with van der Waals surface area (Å²) >= 11 is 3.41. The molecule has 0 spiro atoms. The van der Waals surface area contributed by atoms with Crippen LogP contribution in [0, 0.1) is 0 Å². The summed E-state index contributed by atoms with van der Waals surface area (Å²) in [6.45, 7) is 6.40. The predicted octanol–water partition coefficient (Wildman–Crippen LogP) is 4.25. The van der Waals surface area contributed by atoms with E-state index in [4.69, 9.17) is 4.74 Å². The third kappa shape index (κ3) is 4.08. The summed E-state index contributed by atoms with van der Waals surface area (Å²) in [6.07, 6.45) is 2.44. The van der Waals surface area contributed by atoms with Crippen LogP contribution in [-0.2, 0) is 6.61 Å². The van der Waals surface area contributed by atoms with Gasteiger partial charge in [0.2, 0.25) is 0 Å². The molecule has 2 rings (SSSR count). The largest absolute Gasteiger partial charge is 0.487 e. The molecule has 1 aromatic carbocycles. The normalized spacial score (nSPS) is 14.0. The van der Waals surface area contributed by atoms with Gasteiger partial charge in [-0.2, -0.15) is 5.10 Å². The molecule has 0 aliphatic carbocycles. The summed E-state index contributed by atoms with van der Waals surface area (Å²) in [6, 6.07) is 7.99. The molecule has 0 fully saturated rings. The third-order valence-corrected chi connectivity index (χ3v) is 4.00. The molecule has 1 heterocycles. The average molecular weight is 353 g/mol. The smallest absolute Gasteiger partial charge is 0.132 e. The number of benzene rings is 1. The number of aromatic nitrogens is 2. The van der Waals surface area contributed by atoms with Crippen molar-refractivity contribution in [3.63, 3.8) is 0 Å². The van der Waals surface area contributed by atoms with E-state index in [-0.39, 0.29) is 0 Å². The number of hydrogen-bond donors (Lipinski definition) is 1. The minimum atomic E-state index is -0.574. The van der Waals surface area contributed by atoms with Crippen LogP contribution in [0.4, 0.5) is 0 Å². The molecule has 1 N–H and O–H groups in total. The van der Waals surface area contributed by atoms with Crippen LogP contribution in [0.25, 0.3) is 0 Å².